The summed E-state index contributed by atoms with van der Waals surface area (Å²) in [6.45, 7) is 4.42. The molecule has 0 spiro atoms. The average Bonchev–Trinajstić information content (AvgIpc) is 3.45. The van der Waals surface area contributed by atoms with Gasteiger partial charge >= 0.3 is 0 Å². The van der Waals surface area contributed by atoms with E-state index >= 15 is 0 Å². The van der Waals surface area contributed by atoms with Crippen molar-refractivity contribution in [3.05, 3.63) is 78.0 Å². The summed E-state index contributed by atoms with van der Waals surface area (Å²) >= 11 is 0. The van der Waals surface area contributed by atoms with E-state index in [2.05, 4.69) is 44.6 Å². The molecule has 1 saturated heterocycles. The summed E-state index contributed by atoms with van der Waals surface area (Å²) in [6.07, 6.45) is 1.06. The number of carbonyl (C=O) groups excluding carboxylic acids is 1. The van der Waals surface area contributed by atoms with Crippen molar-refractivity contribution in [1.82, 2.24) is 15.5 Å². The second-order valence-electron chi connectivity index (χ2n) is 8.02. The molecule has 4 aromatic rings. The van der Waals surface area contributed by atoms with Gasteiger partial charge in [0.15, 0.2) is 0 Å². The minimum absolute atomic E-state index is 0.117. The number of hydrogen-bond acceptors (Lipinski definition) is 5. The number of rotatable bonds is 5. The number of benzene rings is 2. The third kappa shape index (κ3) is 3.89. The van der Waals surface area contributed by atoms with Gasteiger partial charge in [-0.15, -0.1) is 0 Å². The third-order valence-corrected chi connectivity index (χ3v) is 5.89. The molecule has 5 rings (SSSR count). The Kier molecular flexibility index (Phi) is 5.12. The number of pyridine rings is 1. The van der Waals surface area contributed by atoms with Gasteiger partial charge in [-0.05, 0) is 37.5 Å². The second kappa shape index (κ2) is 8.22. The second-order valence-corrected chi connectivity index (χ2v) is 8.02. The fourth-order valence-electron chi connectivity index (χ4n) is 4.24. The number of carbonyl (C=O) groups is 1. The summed E-state index contributed by atoms with van der Waals surface area (Å²) in [5, 5.41) is 7.84. The Balaban J connectivity index is 1.34. The number of nitrogens with zero attached hydrogens (tertiary/aromatic N) is 3. The molecule has 2 aromatic carbocycles. The molecule has 0 saturated carbocycles. The predicted octanol–water partition coefficient (Wildman–Crippen LogP) is 4.45. The standard InChI is InChI=1S/C25H24N4O2/c1-17-23-21(14-22(27-25(23)31-28-17)19-8-4-2-5-9-19)24(30)26-15-18-12-13-29(16-18)20-10-6-3-7-11-20/h2-11,14,18H,12-13,15-16H2,1H3,(H,26,30). The summed E-state index contributed by atoms with van der Waals surface area (Å²) in [5.74, 6) is 0.299. The first-order chi connectivity index (χ1) is 15.2. The van der Waals surface area contributed by atoms with Gasteiger partial charge in [0, 0.05) is 30.9 Å². The topological polar surface area (TPSA) is 71.3 Å². The molecule has 6 heteroatoms. The Bertz CT molecular complexity index is 1200. The van der Waals surface area contributed by atoms with Gasteiger partial charge in [0.1, 0.15) is 0 Å². The van der Waals surface area contributed by atoms with Gasteiger partial charge in [-0.2, -0.15) is 0 Å². The fourth-order valence-corrected chi connectivity index (χ4v) is 4.24. The van der Waals surface area contributed by atoms with E-state index in [-0.39, 0.29) is 5.91 Å². The van der Waals surface area contributed by atoms with Crippen LogP contribution in [0.4, 0.5) is 5.69 Å². The number of para-hydroxylation sites is 1. The highest BCUT2D eigenvalue weighted by Crippen LogP contribution is 2.27. The van der Waals surface area contributed by atoms with Gasteiger partial charge in [-0.1, -0.05) is 53.7 Å². The van der Waals surface area contributed by atoms with Crippen LogP contribution in [0.5, 0.6) is 0 Å². The molecule has 3 heterocycles. The molecule has 0 radical (unpaired) electrons. The van der Waals surface area contributed by atoms with Gasteiger partial charge in [-0.25, -0.2) is 4.98 Å². The lowest BCUT2D eigenvalue weighted by molar-refractivity contribution is 0.0950. The Morgan fingerprint density at radius 2 is 1.87 bits per heavy atom. The first-order valence-corrected chi connectivity index (χ1v) is 10.6. The SMILES string of the molecule is Cc1noc2nc(-c3ccccc3)cc(C(=O)NCC3CCN(c4ccccc4)C3)c12. The highest BCUT2D eigenvalue weighted by atomic mass is 16.5. The molecular weight excluding hydrogens is 388 g/mol. The van der Waals surface area contributed by atoms with Crippen LogP contribution in [0.25, 0.3) is 22.4 Å². The zero-order chi connectivity index (χ0) is 21.2. The van der Waals surface area contributed by atoms with Crippen molar-refractivity contribution in [3.8, 4) is 11.3 Å². The molecule has 1 unspecified atom stereocenters. The molecule has 1 N–H and O–H groups in total. The molecule has 156 valence electrons. The molecule has 1 atom stereocenters. The first kappa shape index (κ1) is 19.3. The molecule has 1 aliphatic rings. The molecule has 1 amide bonds. The third-order valence-electron chi connectivity index (χ3n) is 5.89. The van der Waals surface area contributed by atoms with Crippen molar-refractivity contribution < 1.29 is 9.32 Å². The zero-order valence-corrected chi connectivity index (χ0v) is 17.4. The first-order valence-electron chi connectivity index (χ1n) is 10.6. The zero-order valence-electron chi connectivity index (χ0n) is 17.4. The van der Waals surface area contributed by atoms with E-state index < -0.39 is 0 Å². The van der Waals surface area contributed by atoms with Crippen molar-refractivity contribution in [2.75, 3.05) is 24.5 Å². The molecule has 31 heavy (non-hydrogen) atoms. The molecule has 6 nitrogen and oxygen atoms in total. The fraction of sp³-hybridized carbons (Fsp3) is 0.240. The highest BCUT2D eigenvalue weighted by molar-refractivity contribution is 6.07. The number of hydrogen-bond donors (Lipinski definition) is 1. The maximum atomic E-state index is 13.2. The largest absolute Gasteiger partial charge is 0.371 e. The monoisotopic (exact) mass is 412 g/mol. The van der Waals surface area contributed by atoms with Crippen LogP contribution >= 0.6 is 0 Å². The van der Waals surface area contributed by atoms with Crippen LogP contribution in [0, 0.1) is 12.8 Å². The number of fused-ring (bicyclic) bond motifs is 1. The molecule has 0 bridgehead atoms. The number of amides is 1. The molecule has 1 aliphatic heterocycles. The number of aryl methyl sites for hydroxylation is 1. The maximum Gasteiger partial charge on any atom is 0.259 e. The van der Waals surface area contributed by atoms with Crippen LogP contribution in [-0.4, -0.2) is 35.7 Å². The van der Waals surface area contributed by atoms with E-state index in [1.807, 2.05) is 49.4 Å². The summed E-state index contributed by atoms with van der Waals surface area (Å²) in [6, 6.07) is 22.0. The van der Waals surface area contributed by atoms with E-state index in [9.17, 15) is 4.79 Å². The summed E-state index contributed by atoms with van der Waals surface area (Å²) in [5.41, 5.74) is 4.48. The normalized spacial score (nSPS) is 16.0. The Labute approximate surface area is 180 Å². The molecule has 0 aliphatic carbocycles. The maximum absolute atomic E-state index is 13.2. The Morgan fingerprint density at radius 3 is 2.65 bits per heavy atom. The van der Waals surface area contributed by atoms with Crippen LogP contribution in [0.15, 0.2) is 71.3 Å². The van der Waals surface area contributed by atoms with Crippen LogP contribution in [0.2, 0.25) is 0 Å². The van der Waals surface area contributed by atoms with Gasteiger partial charge in [0.25, 0.3) is 11.6 Å². The van der Waals surface area contributed by atoms with Crippen LogP contribution in [0.3, 0.4) is 0 Å². The van der Waals surface area contributed by atoms with Gasteiger partial charge in [0.05, 0.1) is 22.3 Å². The molecule has 2 aromatic heterocycles. The lowest BCUT2D eigenvalue weighted by atomic mass is 10.0. The number of anilines is 1. The van der Waals surface area contributed by atoms with Crippen molar-refractivity contribution in [2.24, 2.45) is 5.92 Å². The van der Waals surface area contributed by atoms with E-state index in [4.69, 9.17) is 4.52 Å². The van der Waals surface area contributed by atoms with Crippen LogP contribution < -0.4 is 10.2 Å². The van der Waals surface area contributed by atoms with Gasteiger partial charge < -0.3 is 14.7 Å². The highest BCUT2D eigenvalue weighted by Gasteiger charge is 2.24. The average molecular weight is 412 g/mol. The molecular formula is C25H24N4O2. The summed E-state index contributed by atoms with van der Waals surface area (Å²) < 4.78 is 5.39. The van der Waals surface area contributed by atoms with E-state index in [1.54, 1.807) is 0 Å². The Hall–Kier alpha value is -3.67. The van der Waals surface area contributed by atoms with E-state index in [1.165, 1.54) is 5.69 Å². The lowest BCUT2D eigenvalue weighted by Gasteiger charge is -2.18. The van der Waals surface area contributed by atoms with Crippen molar-refractivity contribution in [2.45, 2.75) is 13.3 Å². The quantitative estimate of drug-likeness (QED) is 0.524. The van der Waals surface area contributed by atoms with Gasteiger partial charge in [0.2, 0.25) is 0 Å². The smallest absolute Gasteiger partial charge is 0.259 e. The van der Waals surface area contributed by atoms with Crippen LogP contribution in [0.1, 0.15) is 22.5 Å². The minimum Gasteiger partial charge on any atom is -0.371 e. The summed E-state index contributed by atoms with van der Waals surface area (Å²) in [4.78, 5) is 20.1. The van der Waals surface area contributed by atoms with Crippen molar-refractivity contribution >= 4 is 22.7 Å². The van der Waals surface area contributed by atoms with Crippen molar-refractivity contribution in [3.63, 3.8) is 0 Å². The summed E-state index contributed by atoms with van der Waals surface area (Å²) in [7, 11) is 0. The van der Waals surface area contributed by atoms with Crippen LogP contribution in [-0.2, 0) is 0 Å². The van der Waals surface area contributed by atoms with Gasteiger partial charge in [-0.3, -0.25) is 4.79 Å². The van der Waals surface area contributed by atoms with E-state index in [0.717, 1.165) is 25.1 Å². The van der Waals surface area contributed by atoms with Crippen molar-refractivity contribution in [1.29, 1.82) is 0 Å². The lowest BCUT2D eigenvalue weighted by Crippen LogP contribution is -2.31. The number of aromatic nitrogens is 2. The van der Waals surface area contributed by atoms with E-state index in [0.29, 0.717) is 40.5 Å². The minimum atomic E-state index is -0.117. The predicted molar refractivity (Wildman–Crippen MR) is 121 cm³/mol. The Morgan fingerprint density at radius 1 is 1.13 bits per heavy atom. The number of nitrogens with one attached hydrogen (secondary N) is 1. The molecule has 1 fully saturated rings.